The first-order chi connectivity index (χ1) is 9.72. The Hall–Kier alpha value is -2.20. The number of aromatic nitrogens is 3. The van der Waals surface area contributed by atoms with Crippen molar-refractivity contribution in [2.45, 2.75) is 26.4 Å². The fourth-order valence-corrected chi connectivity index (χ4v) is 2.46. The van der Waals surface area contributed by atoms with Crippen LogP contribution in [0.15, 0.2) is 42.9 Å². The van der Waals surface area contributed by atoms with E-state index in [4.69, 9.17) is 4.98 Å². The number of aliphatic hydroxyl groups excluding tert-OH is 1. The minimum Gasteiger partial charge on any atom is -0.387 e. The topological polar surface area (TPSA) is 50.4 Å². The highest BCUT2D eigenvalue weighted by Crippen LogP contribution is 2.30. The monoisotopic (exact) mass is 267 g/mol. The third-order valence-electron chi connectivity index (χ3n) is 3.54. The van der Waals surface area contributed by atoms with Crippen molar-refractivity contribution in [3.05, 3.63) is 54.1 Å². The van der Waals surface area contributed by atoms with Crippen LogP contribution < -0.4 is 0 Å². The number of nitrogens with zero attached hydrogens (tertiary/aromatic N) is 3. The Bertz CT molecular complexity index is 734. The second-order valence-electron chi connectivity index (χ2n) is 4.89. The molecule has 20 heavy (non-hydrogen) atoms. The summed E-state index contributed by atoms with van der Waals surface area (Å²) in [6, 6.07) is 7.85. The lowest BCUT2D eigenvalue weighted by Crippen LogP contribution is -2.02. The third-order valence-corrected chi connectivity index (χ3v) is 3.54. The molecule has 0 saturated heterocycles. The van der Waals surface area contributed by atoms with Crippen LogP contribution >= 0.6 is 0 Å². The molecule has 0 fully saturated rings. The highest BCUT2D eigenvalue weighted by molar-refractivity contribution is 5.68. The summed E-state index contributed by atoms with van der Waals surface area (Å²) in [7, 11) is 0. The zero-order valence-electron chi connectivity index (χ0n) is 11.6. The maximum atomic E-state index is 10.4. The molecule has 0 aliphatic heterocycles. The lowest BCUT2D eigenvalue weighted by molar-refractivity contribution is 0.168. The van der Waals surface area contributed by atoms with Crippen molar-refractivity contribution in [2.24, 2.45) is 0 Å². The Kier molecular flexibility index (Phi) is 3.24. The highest BCUT2D eigenvalue weighted by atomic mass is 16.3. The number of rotatable bonds is 3. The van der Waals surface area contributed by atoms with Crippen molar-refractivity contribution >= 4 is 5.65 Å². The van der Waals surface area contributed by atoms with Crippen LogP contribution in [0, 0.1) is 6.92 Å². The third kappa shape index (κ3) is 1.98. The van der Waals surface area contributed by atoms with E-state index in [-0.39, 0.29) is 0 Å². The maximum absolute atomic E-state index is 10.4. The van der Waals surface area contributed by atoms with Crippen LogP contribution in [0.25, 0.3) is 16.9 Å². The number of hydrogen-bond donors (Lipinski definition) is 1. The molecule has 1 unspecified atom stereocenters. The fraction of sp³-hybridized carbons (Fsp3) is 0.250. The van der Waals surface area contributed by atoms with E-state index >= 15 is 0 Å². The molecular weight excluding hydrogens is 250 g/mol. The van der Waals surface area contributed by atoms with Gasteiger partial charge in [0.25, 0.3) is 0 Å². The van der Waals surface area contributed by atoms with Crippen molar-refractivity contribution in [3.8, 4) is 11.3 Å². The zero-order chi connectivity index (χ0) is 14.1. The van der Waals surface area contributed by atoms with Gasteiger partial charge in [-0.25, -0.2) is 4.98 Å². The molecule has 0 radical (unpaired) electrons. The Morgan fingerprint density at radius 3 is 2.70 bits per heavy atom. The highest BCUT2D eigenvalue weighted by Gasteiger charge is 2.20. The van der Waals surface area contributed by atoms with Crippen molar-refractivity contribution in [2.75, 3.05) is 0 Å². The van der Waals surface area contributed by atoms with Crippen molar-refractivity contribution < 1.29 is 5.11 Å². The normalized spacial score (nSPS) is 12.8. The molecule has 0 aromatic carbocycles. The summed E-state index contributed by atoms with van der Waals surface area (Å²) in [5, 5.41) is 10.4. The molecule has 4 heteroatoms. The quantitative estimate of drug-likeness (QED) is 0.793. The van der Waals surface area contributed by atoms with Gasteiger partial charge in [-0.2, -0.15) is 0 Å². The SMILES string of the molecule is CCC(O)c1c(-c2ccncc2)nc2c(C)cccn12. The first kappa shape index (κ1) is 12.8. The summed E-state index contributed by atoms with van der Waals surface area (Å²) in [5.41, 5.74) is 4.64. The summed E-state index contributed by atoms with van der Waals surface area (Å²) in [5.74, 6) is 0. The molecule has 3 rings (SSSR count). The molecule has 3 aromatic rings. The standard InChI is InChI=1S/C16H17N3O/c1-3-13(20)15-14(12-6-8-17-9-7-12)18-16-11(2)5-4-10-19(15)16/h4-10,13,20H,3H2,1-2H3. The lowest BCUT2D eigenvalue weighted by atomic mass is 10.1. The molecule has 0 aliphatic carbocycles. The van der Waals surface area contributed by atoms with Gasteiger partial charge < -0.3 is 9.51 Å². The van der Waals surface area contributed by atoms with Gasteiger partial charge in [-0.05, 0) is 37.1 Å². The maximum Gasteiger partial charge on any atom is 0.140 e. The summed E-state index contributed by atoms with van der Waals surface area (Å²) < 4.78 is 1.99. The zero-order valence-corrected chi connectivity index (χ0v) is 11.6. The van der Waals surface area contributed by atoms with Gasteiger partial charge in [-0.15, -0.1) is 0 Å². The van der Waals surface area contributed by atoms with E-state index < -0.39 is 6.10 Å². The first-order valence-corrected chi connectivity index (χ1v) is 6.78. The van der Waals surface area contributed by atoms with Crippen LogP contribution in [-0.2, 0) is 0 Å². The molecule has 1 N–H and O–H groups in total. The van der Waals surface area contributed by atoms with Gasteiger partial charge in [0.1, 0.15) is 5.65 Å². The van der Waals surface area contributed by atoms with E-state index in [1.165, 1.54) is 0 Å². The Morgan fingerprint density at radius 1 is 1.25 bits per heavy atom. The minimum absolute atomic E-state index is 0.532. The van der Waals surface area contributed by atoms with Crippen LogP contribution in [0.4, 0.5) is 0 Å². The van der Waals surface area contributed by atoms with E-state index in [1.54, 1.807) is 12.4 Å². The second kappa shape index (κ2) is 5.06. The minimum atomic E-state index is -0.532. The molecule has 4 nitrogen and oxygen atoms in total. The molecule has 1 atom stereocenters. The molecule has 0 aliphatic rings. The van der Waals surface area contributed by atoms with E-state index in [1.807, 2.05) is 48.7 Å². The van der Waals surface area contributed by atoms with E-state index in [9.17, 15) is 5.11 Å². The Labute approximate surface area is 117 Å². The number of hydrogen-bond acceptors (Lipinski definition) is 3. The van der Waals surface area contributed by atoms with Crippen LogP contribution in [0.2, 0.25) is 0 Å². The largest absolute Gasteiger partial charge is 0.387 e. The Balaban J connectivity index is 2.33. The molecule has 0 amide bonds. The predicted molar refractivity (Wildman–Crippen MR) is 78.4 cm³/mol. The van der Waals surface area contributed by atoms with Crippen LogP contribution in [0.1, 0.15) is 30.7 Å². The van der Waals surface area contributed by atoms with Gasteiger partial charge in [0.05, 0.1) is 17.5 Å². The number of imidazole rings is 1. The van der Waals surface area contributed by atoms with Gasteiger partial charge in [0.2, 0.25) is 0 Å². The second-order valence-corrected chi connectivity index (χ2v) is 4.89. The van der Waals surface area contributed by atoms with Gasteiger partial charge in [-0.3, -0.25) is 4.98 Å². The van der Waals surface area contributed by atoms with Crippen LogP contribution in [-0.4, -0.2) is 19.5 Å². The van der Waals surface area contributed by atoms with Gasteiger partial charge in [0, 0.05) is 24.2 Å². The number of aliphatic hydroxyl groups is 1. The van der Waals surface area contributed by atoms with Gasteiger partial charge >= 0.3 is 0 Å². The number of pyridine rings is 2. The molecule has 0 bridgehead atoms. The molecule has 3 heterocycles. The smallest absolute Gasteiger partial charge is 0.140 e. The van der Waals surface area contributed by atoms with Crippen LogP contribution in [0.5, 0.6) is 0 Å². The molecule has 0 spiro atoms. The summed E-state index contributed by atoms with van der Waals surface area (Å²) >= 11 is 0. The summed E-state index contributed by atoms with van der Waals surface area (Å²) in [6.45, 7) is 4.00. The van der Waals surface area contributed by atoms with E-state index in [0.29, 0.717) is 6.42 Å². The molecule has 3 aromatic heterocycles. The number of aryl methyl sites for hydroxylation is 1. The molecule has 0 saturated carbocycles. The van der Waals surface area contributed by atoms with Crippen LogP contribution in [0.3, 0.4) is 0 Å². The van der Waals surface area contributed by atoms with Crippen molar-refractivity contribution in [1.82, 2.24) is 14.4 Å². The summed E-state index contributed by atoms with van der Waals surface area (Å²) in [4.78, 5) is 8.77. The lowest BCUT2D eigenvalue weighted by Gasteiger charge is -2.10. The average Bonchev–Trinajstić information content (AvgIpc) is 2.88. The predicted octanol–water partition coefficient (Wildman–Crippen LogP) is 3.15. The molecule has 102 valence electrons. The van der Waals surface area contributed by atoms with Crippen molar-refractivity contribution in [3.63, 3.8) is 0 Å². The average molecular weight is 267 g/mol. The Morgan fingerprint density at radius 2 is 2.00 bits per heavy atom. The first-order valence-electron chi connectivity index (χ1n) is 6.78. The van der Waals surface area contributed by atoms with Gasteiger partial charge in [-0.1, -0.05) is 13.0 Å². The number of fused-ring (bicyclic) bond motifs is 1. The molecular formula is C16H17N3O. The fourth-order valence-electron chi connectivity index (χ4n) is 2.46. The van der Waals surface area contributed by atoms with Gasteiger partial charge in [0.15, 0.2) is 0 Å². The van der Waals surface area contributed by atoms with Crippen molar-refractivity contribution in [1.29, 1.82) is 0 Å². The van der Waals surface area contributed by atoms with E-state index in [2.05, 4.69) is 4.98 Å². The summed E-state index contributed by atoms with van der Waals surface area (Å²) in [6.07, 6.45) is 5.56. The van der Waals surface area contributed by atoms with E-state index in [0.717, 1.165) is 28.2 Å².